The molecular weight excluding hydrogens is 294 g/mol. The van der Waals surface area contributed by atoms with Crippen LogP contribution in [-0.2, 0) is 0 Å². The summed E-state index contributed by atoms with van der Waals surface area (Å²) < 4.78 is 0.924. The van der Waals surface area contributed by atoms with E-state index in [9.17, 15) is 0 Å². The largest absolute Gasteiger partial charge is 0.396 e. The molecule has 0 aliphatic carbocycles. The molecule has 0 aromatic carbocycles. The summed E-state index contributed by atoms with van der Waals surface area (Å²) in [5.74, 6) is 0.425. The Hall–Kier alpha value is -1.20. The monoisotopic (exact) mass is 309 g/mol. The molecule has 2 N–H and O–H groups in total. The third-order valence-electron chi connectivity index (χ3n) is 2.81. The third kappa shape index (κ3) is 3.17. The number of aliphatic hydroxyl groups excluding tert-OH is 1. The maximum absolute atomic E-state index is 8.88. The summed E-state index contributed by atoms with van der Waals surface area (Å²) in [5, 5.41) is 12.2. The number of fused-ring (bicyclic) bond motifs is 1. The van der Waals surface area contributed by atoms with Gasteiger partial charge in [0.2, 0.25) is 0 Å². The van der Waals surface area contributed by atoms with Gasteiger partial charge in [0.25, 0.3) is 0 Å². The standard InChI is InChI=1S/C13H16BrN3O/c1-9(3-5-18)7-16-11-2-4-15-12-6-10(14)8-17-13(11)12/h2,4,6,8-9,18H,3,5,7H2,1H3,(H,15,16). The van der Waals surface area contributed by atoms with Crippen molar-refractivity contribution in [2.75, 3.05) is 18.5 Å². The number of nitrogens with zero attached hydrogens (tertiary/aromatic N) is 2. The Kier molecular flexibility index (Phi) is 4.49. The highest BCUT2D eigenvalue weighted by atomic mass is 79.9. The van der Waals surface area contributed by atoms with Gasteiger partial charge < -0.3 is 10.4 Å². The van der Waals surface area contributed by atoms with E-state index < -0.39 is 0 Å². The highest BCUT2D eigenvalue weighted by molar-refractivity contribution is 9.10. The van der Waals surface area contributed by atoms with E-state index in [-0.39, 0.29) is 6.61 Å². The Balaban J connectivity index is 2.18. The molecule has 0 aliphatic rings. The van der Waals surface area contributed by atoms with Crippen molar-refractivity contribution in [2.45, 2.75) is 13.3 Å². The highest BCUT2D eigenvalue weighted by Crippen LogP contribution is 2.22. The number of rotatable bonds is 5. The minimum atomic E-state index is 0.227. The lowest BCUT2D eigenvalue weighted by Crippen LogP contribution is -2.13. The molecule has 0 amide bonds. The smallest absolute Gasteiger partial charge is 0.112 e. The van der Waals surface area contributed by atoms with E-state index in [4.69, 9.17) is 5.11 Å². The molecule has 0 radical (unpaired) electrons. The molecule has 5 heteroatoms. The van der Waals surface area contributed by atoms with Crippen molar-refractivity contribution in [2.24, 2.45) is 5.92 Å². The maximum atomic E-state index is 8.88. The van der Waals surface area contributed by atoms with Gasteiger partial charge >= 0.3 is 0 Å². The van der Waals surface area contributed by atoms with Crippen molar-refractivity contribution in [3.05, 3.63) is 29.0 Å². The van der Waals surface area contributed by atoms with Crippen LogP contribution in [0.4, 0.5) is 5.69 Å². The summed E-state index contributed by atoms with van der Waals surface area (Å²) in [4.78, 5) is 8.68. The van der Waals surface area contributed by atoms with E-state index in [1.165, 1.54) is 0 Å². The summed E-state index contributed by atoms with van der Waals surface area (Å²) in [6, 6.07) is 3.87. The van der Waals surface area contributed by atoms with Gasteiger partial charge in [-0.2, -0.15) is 0 Å². The number of hydrogen-bond donors (Lipinski definition) is 2. The minimum Gasteiger partial charge on any atom is -0.396 e. The van der Waals surface area contributed by atoms with Crippen LogP contribution in [0, 0.1) is 5.92 Å². The number of pyridine rings is 2. The average Bonchev–Trinajstić information content (AvgIpc) is 2.36. The number of nitrogens with one attached hydrogen (secondary N) is 1. The fourth-order valence-corrected chi connectivity index (χ4v) is 2.07. The molecule has 18 heavy (non-hydrogen) atoms. The quantitative estimate of drug-likeness (QED) is 0.891. The number of hydrogen-bond acceptors (Lipinski definition) is 4. The topological polar surface area (TPSA) is 58.0 Å². The second kappa shape index (κ2) is 6.11. The van der Waals surface area contributed by atoms with E-state index >= 15 is 0 Å². The first-order chi connectivity index (χ1) is 8.70. The molecule has 2 rings (SSSR count). The zero-order valence-corrected chi connectivity index (χ0v) is 11.8. The third-order valence-corrected chi connectivity index (χ3v) is 3.24. The van der Waals surface area contributed by atoms with Crippen molar-refractivity contribution < 1.29 is 5.11 Å². The molecule has 2 aromatic rings. The second-order valence-electron chi connectivity index (χ2n) is 4.38. The van der Waals surface area contributed by atoms with Gasteiger partial charge in [0, 0.05) is 30.0 Å². The summed E-state index contributed by atoms with van der Waals surface area (Å²) in [5.41, 5.74) is 2.72. The summed E-state index contributed by atoms with van der Waals surface area (Å²) >= 11 is 3.39. The maximum Gasteiger partial charge on any atom is 0.112 e. The van der Waals surface area contributed by atoms with Crippen LogP contribution in [0.1, 0.15) is 13.3 Å². The number of halogens is 1. The van der Waals surface area contributed by atoms with Gasteiger partial charge in [-0.25, -0.2) is 0 Å². The van der Waals surface area contributed by atoms with Crippen LogP contribution < -0.4 is 5.32 Å². The van der Waals surface area contributed by atoms with Crippen LogP contribution in [0.15, 0.2) is 29.0 Å². The van der Waals surface area contributed by atoms with E-state index in [1.54, 1.807) is 12.4 Å². The first-order valence-corrected chi connectivity index (χ1v) is 6.75. The van der Waals surface area contributed by atoms with E-state index in [0.29, 0.717) is 5.92 Å². The average molecular weight is 310 g/mol. The number of aromatic nitrogens is 2. The molecular formula is C13H16BrN3O. The van der Waals surface area contributed by atoms with Gasteiger partial charge in [-0.1, -0.05) is 6.92 Å². The lowest BCUT2D eigenvalue weighted by atomic mass is 10.1. The molecule has 0 bridgehead atoms. The van der Waals surface area contributed by atoms with Crippen LogP contribution >= 0.6 is 15.9 Å². The van der Waals surface area contributed by atoms with Crippen molar-refractivity contribution >= 4 is 32.7 Å². The Labute approximate surface area is 115 Å². The van der Waals surface area contributed by atoms with Gasteiger partial charge in [-0.05, 0) is 40.4 Å². The minimum absolute atomic E-state index is 0.227. The summed E-state index contributed by atoms with van der Waals surface area (Å²) in [7, 11) is 0. The highest BCUT2D eigenvalue weighted by Gasteiger charge is 2.06. The van der Waals surface area contributed by atoms with Crippen LogP contribution in [0.2, 0.25) is 0 Å². The van der Waals surface area contributed by atoms with E-state index in [1.807, 2.05) is 12.1 Å². The molecule has 0 aliphatic heterocycles. The van der Waals surface area contributed by atoms with Crippen molar-refractivity contribution in [3.8, 4) is 0 Å². The second-order valence-corrected chi connectivity index (χ2v) is 5.29. The Morgan fingerprint density at radius 3 is 3.06 bits per heavy atom. The fourth-order valence-electron chi connectivity index (χ4n) is 1.75. The van der Waals surface area contributed by atoms with Gasteiger partial charge in [0.15, 0.2) is 0 Å². The van der Waals surface area contributed by atoms with Crippen LogP contribution in [-0.4, -0.2) is 28.2 Å². The molecule has 0 fully saturated rings. The molecule has 1 atom stereocenters. The Morgan fingerprint density at radius 1 is 1.44 bits per heavy atom. The van der Waals surface area contributed by atoms with Crippen molar-refractivity contribution in [1.29, 1.82) is 0 Å². The summed E-state index contributed by atoms with van der Waals surface area (Å²) in [6.07, 6.45) is 4.34. The lowest BCUT2D eigenvalue weighted by Gasteiger charge is -2.13. The first-order valence-electron chi connectivity index (χ1n) is 5.95. The molecule has 4 nitrogen and oxygen atoms in total. The molecule has 96 valence electrons. The van der Waals surface area contributed by atoms with E-state index in [0.717, 1.165) is 34.2 Å². The van der Waals surface area contributed by atoms with Gasteiger partial charge in [-0.15, -0.1) is 0 Å². The van der Waals surface area contributed by atoms with Crippen molar-refractivity contribution in [1.82, 2.24) is 9.97 Å². The molecule has 2 aromatic heterocycles. The first kappa shape index (κ1) is 13.2. The predicted octanol–water partition coefficient (Wildman–Crippen LogP) is 2.82. The van der Waals surface area contributed by atoms with Gasteiger partial charge in [-0.3, -0.25) is 9.97 Å². The normalized spacial score (nSPS) is 12.6. The van der Waals surface area contributed by atoms with Crippen LogP contribution in [0.5, 0.6) is 0 Å². The summed E-state index contributed by atoms with van der Waals surface area (Å²) in [6.45, 7) is 3.15. The molecule has 1 unspecified atom stereocenters. The van der Waals surface area contributed by atoms with Gasteiger partial charge in [0.1, 0.15) is 5.52 Å². The SMILES string of the molecule is CC(CCO)CNc1ccnc2cc(Br)cnc12. The molecule has 0 saturated heterocycles. The zero-order chi connectivity index (χ0) is 13.0. The van der Waals surface area contributed by atoms with Crippen LogP contribution in [0.25, 0.3) is 11.0 Å². The predicted molar refractivity (Wildman–Crippen MR) is 76.6 cm³/mol. The van der Waals surface area contributed by atoms with Crippen molar-refractivity contribution in [3.63, 3.8) is 0 Å². The molecule has 2 heterocycles. The Morgan fingerprint density at radius 2 is 2.28 bits per heavy atom. The van der Waals surface area contributed by atoms with Crippen LogP contribution in [0.3, 0.4) is 0 Å². The zero-order valence-electron chi connectivity index (χ0n) is 10.2. The molecule has 0 spiro atoms. The Bertz CT molecular complexity index is 533. The van der Waals surface area contributed by atoms with Gasteiger partial charge in [0.05, 0.1) is 11.2 Å². The molecule has 0 saturated carbocycles. The van der Waals surface area contributed by atoms with E-state index in [2.05, 4.69) is 38.1 Å². The number of aliphatic hydroxyl groups is 1. The lowest BCUT2D eigenvalue weighted by molar-refractivity contribution is 0.266. The fraction of sp³-hybridized carbons (Fsp3) is 0.385. The number of anilines is 1.